The Morgan fingerprint density at radius 3 is 1.00 bits per heavy atom. The van der Waals surface area contributed by atoms with E-state index in [9.17, 15) is 14.4 Å². The molecule has 0 bridgehead atoms. The summed E-state index contributed by atoms with van der Waals surface area (Å²) < 4.78 is 0. The van der Waals surface area contributed by atoms with Crippen LogP contribution in [0.1, 0.15) is 75.7 Å². The first-order valence-corrected chi connectivity index (χ1v) is 7.28. The van der Waals surface area contributed by atoms with E-state index in [1.165, 1.54) is 0 Å². The molecule has 2 saturated carbocycles. The van der Waals surface area contributed by atoms with Gasteiger partial charge >= 0.3 is 0 Å². The van der Waals surface area contributed by atoms with Crippen molar-refractivity contribution in [2.75, 3.05) is 0 Å². The minimum absolute atomic E-state index is 0. The predicted octanol–water partition coefficient (Wildman–Crippen LogP) is 4.23. The van der Waals surface area contributed by atoms with Crippen LogP contribution < -0.4 is 0 Å². The van der Waals surface area contributed by atoms with Crippen molar-refractivity contribution < 1.29 is 14.4 Å². The summed E-state index contributed by atoms with van der Waals surface area (Å²) in [6.07, 6.45) is 0.889. The Morgan fingerprint density at radius 2 is 0.952 bits per heavy atom. The van der Waals surface area contributed by atoms with Crippen molar-refractivity contribution in [3.8, 4) is 0 Å². The minimum atomic E-state index is -0.468. The highest BCUT2D eigenvalue weighted by molar-refractivity contribution is 6.12. The molecule has 0 N–H and O–H groups in total. The standard InChI is InChI=1S/C9H14O2.C8H14O.CH4/c1-8(2)6(10)5-7(11)9(8,3)4;1-7(2)5-6(9)8(7,3)4;/h5H2,1-4H3;5H2,1-4H3;1H4. The lowest BCUT2D eigenvalue weighted by Gasteiger charge is -2.50. The molecule has 0 unspecified atom stereocenters. The highest BCUT2D eigenvalue weighted by atomic mass is 16.2. The quantitative estimate of drug-likeness (QED) is 0.629. The maximum absolute atomic E-state index is 11.3. The molecule has 2 fully saturated rings. The zero-order chi connectivity index (χ0) is 16.1. The first kappa shape index (κ1) is 20.0. The van der Waals surface area contributed by atoms with Gasteiger partial charge < -0.3 is 0 Å². The summed E-state index contributed by atoms with van der Waals surface area (Å²) in [6, 6.07) is 0. The summed E-state index contributed by atoms with van der Waals surface area (Å²) in [7, 11) is 0. The van der Waals surface area contributed by atoms with Gasteiger partial charge in [-0.3, -0.25) is 14.4 Å². The van der Waals surface area contributed by atoms with Crippen LogP contribution in [0.25, 0.3) is 0 Å². The Bertz CT molecular complexity index is 441. The smallest absolute Gasteiger partial charge is 0.146 e. The molecule has 0 aromatic heterocycles. The van der Waals surface area contributed by atoms with Crippen LogP contribution in [0.3, 0.4) is 0 Å². The molecular weight excluding hydrogens is 264 g/mol. The number of carbonyl (C=O) groups excluding carboxylic acids is 3. The summed E-state index contributed by atoms with van der Waals surface area (Å²) in [4.78, 5) is 33.6. The lowest BCUT2D eigenvalue weighted by Crippen LogP contribution is -2.51. The van der Waals surface area contributed by atoms with Crippen molar-refractivity contribution in [2.24, 2.45) is 21.7 Å². The second-order valence-electron chi connectivity index (χ2n) is 8.38. The molecule has 2 aliphatic rings. The third-order valence-corrected chi connectivity index (χ3v) is 6.27. The first-order valence-electron chi connectivity index (χ1n) is 7.28. The van der Waals surface area contributed by atoms with E-state index in [4.69, 9.17) is 0 Å². The normalized spacial score (nSPS) is 27.1. The van der Waals surface area contributed by atoms with Crippen LogP contribution in [0.5, 0.6) is 0 Å². The largest absolute Gasteiger partial charge is 0.299 e. The van der Waals surface area contributed by atoms with Crippen LogP contribution in [0.2, 0.25) is 0 Å². The molecule has 21 heavy (non-hydrogen) atoms. The molecule has 0 aromatic rings. The molecule has 0 heterocycles. The average molecular weight is 296 g/mol. The van der Waals surface area contributed by atoms with Gasteiger partial charge in [0.1, 0.15) is 17.3 Å². The number of rotatable bonds is 0. The molecule has 3 heteroatoms. The van der Waals surface area contributed by atoms with Gasteiger partial charge in [-0.05, 0) is 5.41 Å². The van der Waals surface area contributed by atoms with Crippen molar-refractivity contribution in [3.05, 3.63) is 0 Å². The highest BCUT2D eigenvalue weighted by Gasteiger charge is 2.54. The molecule has 0 atom stereocenters. The number of hydrogen-bond acceptors (Lipinski definition) is 3. The van der Waals surface area contributed by atoms with Crippen LogP contribution in [0.4, 0.5) is 0 Å². The first-order chi connectivity index (χ1) is 8.68. The summed E-state index contributed by atoms with van der Waals surface area (Å²) in [5, 5.41) is 0. The van der Waals surface area contributed by atoms with Crippen LogP contribution >= 0.6 is 0 Å². The lowest BCUT2D eigenvalue weighted by atomic mass is 9.52. The van der Waals surface area contributed by atoms with Crippen molar-refractivity contribution in [1.82, 2.24) is 0 Å². The van der Waals surface area contributed by atoms with Crippen molar-refractivity contribution in [3.63, 3.8) is 0 Å². The van der Waals surface area contributed by atoms with Crippen molar-refractivity contribution in [1.29, 1.82) is 0 Å². The molecule has 122 valence electrons. The molecule has 0 radical (unpaired) electrons. The van der Waals surface area contributed by atoms with Gasteiger partial charge in [-0.25, -0.2) is 0 Å². The second-order valence-corrected chi connectivity index (χ2v) is 8.38. The summed E-state index contributed by atoms with van der Waals surface area (Å²) in [5.74, 6) is 0.563. The van der Waals surface area contributed by atoms with Gasteiger partial charge in [-0.2, -0.15) is 0 Å². The van der Waals surface area contributed by atoms with Crippen LogP contribution in [-0.2, 0) is 14.4 Å². The molecule has 2 aliphatic carbocycles. The minimum Gasteiger partial charge on any atom is -0.299 e. The molecule has 0 saturated heterocycles. The Labute approximate surface area is 129 Å². The maximum atomic E-state index is 11.3. The van der Waals surface area contributed by atoms with Gasteiger partial charge in [0.15, 0.2) is 0 Å². The van der Waals surface area contributed by atoms with Crippen LogP contribution in [-0.4, -0.2) is 17.3 Å². The third kappa shape index (κ3) is 2.84. The second kappa shape index (κ2) is 5.33. The molecule has 2 rings (SSSR count). The number of hydrogen-bond donors (Lipinski definition) is 0. The average Bonchev–Trinajstić information content (AvgIpc) is 2.40. The topological polar surface area (TPSA) is 51.2 Å². The van der Waals surface area contributed by atoms with E-state index in [0.717, 1.165) is 6.42 Å². The SMILES string of the molecule is C.CC1(C)C(=O)CC(=O)C1(C)C.CC1(C)CC(=O)C1(C)C. The lowest BCUT2D eigenvalue weighted by molar-refractivity contribution is -0.151. The predicted molar refractivity (Wildman–Crippen MR) is 86.1 cm³/mol. The van der Waals surface area contributed by atoms with Gasteiger partial charge in [0.2, 0.25) is 0 Å². The fourth-order valence-corrected chi connectivity index (χ4v) is 2.40. The molecule has 0 aliphatic heterocycles. The monoisotopic (exact) mass is 296 g/mol. The van der Waals surface area contributed by atoms with Gasteiger partial charge in [0.05, 0.1) is 6.42 Å². The number of ketones is 3. The van der Waals surface area contributed by atoms with Crippen molar-refractivity contribution >= 4 is 17.3 Å². The summed E-state index contributed by atoms with van der Waals surface area (Å²) in [5.41, 5.74) is -0.759. The fraction of sp³-hybridized carbons (Fsp3) is 0.833. The van der Waals surface area contributed by atoms with Crippen molar-refractivity contribution in [2.45, 2.75) is 75.7 Å². The number of Topliss-reactive ketones (excluding diaryl/α,β-unsaturated/α-hetero) is 3. The Hall–Kier alpha value is -0.990. The Morgan fingerprint density at radius 1 is 0.619 bits per heavy atom. The number of carbonyl (C=O) groups is 3. The molecule has 0 aromatic carbocycles. The fourth-order valence-electron chi connectivity index (χ4n) is 2.40. The van der Waals surface area contributed by atoms with Gasteiger partial charge in [0.25, 0.3) is 0 Å². The van der Waals surface area contributed by atoms with Crippen LogP contribution in [0.15, 0.2) is 0 Å². The summed E-state index contributed by atoms with van der Waals surface area (Å²) in [6.45, 7) is 15.7. The zero-order valence-electron chi connectivity index (χ0n) is 14.1. The Balaban J connectivity index is 0.000000370. The van der Waals surface area contributed by atoms with Gasteiger partial charge in [-0.1, -0.05) is 62.8 Å². The van der Waals surface area contributed by atoms with E-state index >= 15 is 0 Å². The van der Waals surface area contributed by atoms with Crippen LogP contribution in [0, 0.1) is 21.7 Å². The van der Waals surface area contributed by atoms with E-state index in [2.05, 4.69) is 13.8 Å². The third-order valence-electron chi connectivity index (χ3n) is 6.27. The maximum Gasteiger partial charge on any atom is 0.146 e. The molecule has 0 spiro atoms. The molecule has 0 amide bonds. The van der Waals surface area contributed by atoms with E-state index in [1.54, 1.807) is 0 Å². The van der Waals surface area contributed by atoms with E-state index < -0.39 is 10.8 Å². The molecular formula is C18H32O3. The summed E-state index contributed by atoms with van der Waals surface area (Å²) >= 11 is 0. The zero-order valence-corrected chi connectivity index (χ0v) is 14.1. The molecule has 3 nitrogen and oxygen atoms in total. The van der Waals surface area contributed by atoms with E-state index in [-0.39, 0.29) is 36.2 Å². The highest BCUT2D eigenvalue weighted by Crippen LogP contribution is 2.52. The van der Waals surface area contributed by atoms with E-state index in [1.807, 2.05) is 41.5 Å². The van der Waals surface area contributed by atoms with Gasteiger partial charge in [0, 0.05) is 22.7 Å². The Kier molecular flexibility index (Phi) is 5.08. The van der Waals surface area contributed by atoms with E-state index in [0.29, 0.717) is 5.78 Å². The van der Waals surface area contributed by atoms with Gasteiger partial charge in [-0.15, -0.1) is 0 Å².